The highest BCUT2D eigenvalue weighted by Crippen LogP contribution is 2.28. The molecule has 0 spiro atoms. The molecule has 0 saturated heterocycles. The Kier molecular flexibility index (Phi) is 4.60. The number of likely N-dealkylation sites (N-methyl/N-ethyl adjacent to an activating group) is 1. The molecule has 3 rings (SSSR count). The third kappa shape index (κ3) is 3.36. The molecule has 0 saturated carbocycles. The van der Waals surface area contributed by atoms with Gasteiger partial charge in [0.1, 0.15) is 17.2 Å². The van der Waals surface area contributed by atoms with Crippen molar-refractivity contribution >= 4 is 16.8 Å². The van der Waals surface area contributed by atoms with E-state index in [1.165, 1.54) is 0 Å². The van der Waals surface area contributed by atoms with Crippen LogP contribution in [0.1, 0.15) is 0 Å². The van der Waals surface area contributed by atoms with Crippen molar-refractivity contribution in [1.82, 2.24) is 4.98 Å². The third-order valence-electron chi connectivity index (χ3n) is 3.80. The first-order valence-electron chi connectivity index (χ1n) is 7.43. The summed E-state index contributed by atoms with van der Waals surface area (Å²) in [4.78, 5) is 6.49. The number of hydrogen-bond donors (Lipinski definition) is 0. The molecular formula is C18H20N2O3. The summed E-state index contributed by atoms with van der Waals surface area (Å²) in [6, 6.07) is 14.0. The molecule has 0 amide bonds. The molecule has 1 aromatic carbocycles. The predicted octanol–water partition coefficient (Wildman–Crippen LogP) is 3.55. The molecule has 2 aromatic heterocycles. The van der Waals surface area contributed by atoms with Crippen LogP contribution in [-0.2, 0) is 9.47 Å². The van der Waals surface area contributed by atoms with Gasteiger partial charge in [-0.15, -0.1) is 0 Å². The van der Waals surface area contributed by atoms with Gasteiger partial charge in [0.05, 0.1) is 6.54 Å². The van der Waals surface area contributed by atoms with E-state index in [-0.39, 0.29) is 6.29 Å². The first-order chi connectivity index (χ1) is 11.2. The average Bonchev–Trinajstić information content (AvgIpc) is 3.03. The normalized spacial score (nSPS) is 11.3. The summed E-state index contributed by atoms with van der Waals surface area (Å²) in [5.41, 5.74) is 1.83. The number of aromatic nitrogens is 1. The van der Waals surface area contributed by atoms with Gasteiger partial charge in [-0.3, -0.25) is 0 Å². The quantitative estimate of drug-likeness (QED) is 0.651. The number of para-hydroxylation sites is 1. The standard InChI is InChI=1S/C18H20N2O3/c1-20(12-18(21-2)22-3)17-9-8-14(11-19-17)16-10-13-6-4-5-7-15(13)23-16/h4-11,18H,12H2,1-3H3. The lowest BCUT2D eigenvalue weighted by Crippen LogP contribution is -2.32. The molecule has 0 bridgehead atoms. The highest BCUT2D eigenvalue weighted by molar-refractivity contribution is 5.82. The lowest BCUT2D eigenvalue weighted by molar-refractivity contribution is -0.0944. The largest absolute Gasteiger partial charge is 0.456 e. The number of fused-ring (bicyclic) bond motifs is 1. The lowest BCUT2D eigenvalue weighted by atomic mass is 10.2. The van der Waals surface area contributed by atoms with E-state index in [0.717, 1.165) is 28.1 Å². The molecule has 0 aliphatic carbocycles. The minimum absolute atomic E-state index is 0.281. The summed E-state index contributed by atoms with van der Waals surface area (Å²) in [6.45, 7) is 0.601. The molecule has 120 valence electrons. The van der Waals surface area contributed by atoms with Crippen LogP contribution in [0.3, 0.4) is 0 Å². The van der Waals surface area contributed by atoms with Gasteiger partial charge in [0, 0.05) is 38.4 Å². The number of methoxy groups -OCH3 is 2. The van der Waals surface area contributed by atoms with Crippen LogP contribution in [0, 0.1) is 0 Å². The summed E-state index contributed by atoms with van der Waals surface area (Å²) < 4.78 is 16.3. The SMILES string of the molecule is COC(CN(C)c1ccc(-c2cc3ccccc3o2)cn1)OC. The fraction of sp³-hybridized carbons (Fsp3) is 0.278. The number of benzene rings is 1. The second-order valence-corrected chi connectivity index (χ2v) is 5.34. The summed E-state index contributed by atoms with van der Waals surface area (Å²) >= 11 is 0. The number of anilines is 1. The van der Waals surface area contributed by atoms with Crippen molar-refractivity contribution in [3.63, 3.8) is 0 Å². The minimum Gasteiger partial charge on any atom is -0.456 e. The van der Waals surface area contributed by atoms with Crippen LogP contribution < -0.4 is 4.90 Å². The average molecular weight is 312 g/mol. The van der Waals surface area contributed by atoms with Crippen LogP contribution >= 0.6 is 0 Å². The molecule has 23 heavy (non-hydrogen) atoms. The zero-order valence-corrected chi connectivity index (χ0v) is 13.5. The Hall–Kier alpha value is -2.37. The molecule has 0 fully saturated rings. The second-order valence-electron chi connectivity index (χ2n) is 5.34. The van der Waals surface area contributed by atoms with Gasteiger partial charge in [-0.05, 0) is 24.3 Å². The van der Waals surface area contributed by atoms with Gasteiger partial charge in [-0.25, -0.2) is 4.98 Å². The summed E-state index contributed by atoms with van der Waals surface area (Å²) in [5.74, 6) is 1.67. The highest BCUT2D eigenvalue weighted by atomic mass is 16.7. The summed E-state index contributed by atoms with van der Waals surface area (Å²) in [5, 5.41) is 1.09. The minimum atomic E-state index is -0.281. The van der Waals surface area contributed by atoms with Gasteiger partial charge in [-0.2, -0.15) is 0 Å². The third-order valence-corrected chi connectivity index (χ3v) is 3.80. The van der Waals surface area contributed by atoms with E-state index in [1.807, 2.05) is 60.6 Å². The fourth-order valence-corrected chi connectivity index (χ4v) is 2.44. The number of rotatable bonds is 6. The molecule has 3 aromatic rings. The van der Waals surface area contributed by atoms with Crippen molar-refractivity contribution in [2.75, 3.05) is 32.7 Å². The molecule has 5 heteroatoms. The van der Waals surface area contributed by atoms with E-state index in [1.54, 1.807) is 14.2 Å². The lowest BCUT2D eigenvalue weighted by Gasteiger charge is -2.22. The molecule has 0 N–H and O–H groups in total. The number of furan rings is 1. The Labute approximate surface area is 135 Å². The van der Waals surface area contributed by atoms with Gasteiger partial charge in [0.15, 0.2) is 6.29 Å². The van der Waals surface area contributed by atoms with Crippen LogP contribution in [0.15, 0.2) is 53.1 Å². The van der Waals surface area contributed by atoms with Crippen molar-refractivity contribution in [3.8, 4) is 11.3 Å². The molecule has 0 aliphatic rings. The molecule has 2 heterocycles. The highest BCUT2D eigenvalue weighted by Gasteiger charge is 2.12. The Balaban J connectivity index is 1.78. The smallest absolute Gasteiger partial charge is 0.174 e. The Bertz CT molecular complexity index is 730. The number of nitrogens with zero attached hydrogens (tertiary/aromatic N) is 2. The van der Waals surface area contributed by atoms with Gasteiger partial charge in [-0.1, -0.05) is 18.2 Å². The second kappa shape index (κ2) is 6.81. The van der Waals surface area contributed by atoms with Gasteiger partial charge in [0.25, 0.3) is 0 Å². The number of pyridine rings is 1. The molecule has 0 atom stereocenters. The zero-order valence-electron chi connectivity index (χ0n) is 13.5. The molecular weight excluding hydrogens is 292 g/mol. The first kappa shape index (κ1) is 15.5. The molecule has 0 radical (unpaired) electrons. The number of ether oxygens (including phenoxy) is 2. The van der Waals surface area contributed by atoms with E-state index < -0.39 is 0 Å². The van der Waals surface area contributed by atoms with Crippen molar-refractivity contribution < 1.29 is 13.9 Å². The fourth-order valence-electron chi connectivity index (χ4n) is 2.44. The van der Waals surface area contributed by atoms with E-state index >= 15 is 0 Å². The number of hydrogen-bond acceptors (Lipinski definition) is 5. The van der Waals surface area contributed by atoms with Gasteiger partial charge in [0.2, 0.25) is 0 Å². The molecule has 5 nitrogen and oxygen atoms in total. The first-order valence-corrected chi connectivity index (χ1v) is 7.43. The van der Waals surface area contributed by atoms with Crippen LogP contribution in [0.4, 0.5) is 5.82 Å². The maximum absolute atomic E-state index is 5.86. The maximum atomic E-state index is 5.86. The zero-order chi connectivity index (χ0) is 16.2. The molecule has 0 aliphatic heterocycles. The van der Waals surface area contributed by atoms with Crippen LogP contribution in [-0.4, -0.2) is 39.1 Å². The Morgan fingerprint density at radius 1 is 1.13 bits per heavy atom. The topological polar surface area (TPSA) is 47.7 Å². The Morgan fingerprint density at radius 3 is 2.57 bits per heavy atom. The predicted molar refractivity (Wildman–Crippen MR) is 90.5 cm³/mol. The van der Waals surface area contributed by atoms with Gasteiger partial charge >= 0.3 is 0 Å². The Morgan fingerprint density at radius 2 is 1.91 bits per heavy atom. The van der Waals surface area contributed by atoms with Crippen molar-refractivity contribution in [2.45, 2.75) is 6.29 Å². The van der Waals surface area contributed by atoms with Crippen LogP contribution in [0.25, 0.3) is 22.3 Å². The summed E-state index contributed by atoms with van der Waals surface area (Å²) in [7, 11) is 5.20. The molecule has 0 unspecified atom stereocenters. The van der Waals surface area contributed by atoms with Crippen molar-refractivity contribution in [2.24, 2.45) is 0 Å². The van der Waals surface area contributed by atoms with E-state index in [9.17, 15) is 0 Å². The maximum Gasteiger partial charge on any atom is 0.174 e. The van der Waals surface area contributed by atoms with E-state index in [2.05, 4.69) is 4.98 Å². The van der Waals surface area contributed by atoms with Crippen molar-refractivity contribution in [1.29, 1.82) is 0 Å². The van der Waals surface area contributed by atoms with Crippen LogP contribution in [0.5, 0.6) is 0 Å². The monoisotopic (exact) mass is 312 g/mol. The summed E-state index contributed by atoms with van der Waals surface area (Å²) in [6.07, 6.45) is 1.54. The van der Waals surface area contributed by atoms with E-state index in [4.69, 9.17) is 13.9 Å². The van der Waals surface area contributed by atoms with Gasteiger partial charge < -0.3 is 18.8 Å². The van der Waals surface area contributed by atoms with Crippen LogP contribution in [0.2, 0.25) is 0 Å². The van der Waals surface area contributed by atoms with Crippen molar-refractivity contribution in [3.05, 3.63) is 48.7 Å². The van der Waals surface area contributed by atoms with E-state index in [0.29, 0.717) is 6.54 Å².